The molecule has 1 saturated heterocycles. The van der Waals surface area contributed by atoms with Crippen LogP contribution in [0.2, 0.25) is 0 Å². The molecular formula is C11H15F3N4OS. The number of anilines is 1. The van der Waals surface area contributed by atoms with Crippen LogP contribution in [0.15, 0.2) is 11.6 Å². The fourth-order valence-electron chi connectivity index (χ4n) is 2.14. The van der Waals surface area contributed by atoms with Crippen LogP contribution in [0.5, 0.6) is 0 Å². The molecule has 1 aliphatic rings. The highest BCUT2D eigenvalue weighted by molar-refractivity contribution is 7.13. The summed E-state index contributed by atoms with van der Waals surface area (Å²) in [7, 11) is 0. The largest absolute Gasteiger partial charge is 0.401 e. The van der Waals surface area contributed by atoms with Gasteiger partial charge in [-0.1, -0.05) is 0 Å². The van der Waals surface area contributed by atoms with Crippen LogP contribution in [-0.2, 0) is 0 Å². The molecule has 0 bridgehead atoms. The quantitative estimate of drug-likeness (QED) is 0.896. The number of thiazole rings is 1. The molecule has 1 fully saturated rings. The summed E-state index contributed by atoms with van der Waals surface area (Å²) in [6.07, 6.45) is -1.93. The normalized spacial score (nSPS) is 20.1. The van der Waals surface area contributed by atoms with Gasteiger partial charge in [-0.2, -0.15) is 13.2 Å². The van der Waals surface area contributed by atoms with Gasteiger partial charge in [-0.15, -0.1) is 11.3 Å². The predicted molar refractivity (Wildman–Crippen MR) is 69.7 cm³/mol. The molecule has 0 aliphatic carbocycles. The Morgan fingerprint density at radius 3 is 3.00 bits per heavy atom. The van der Waals surface area contributed by atoms with E-state index in [0.29, 0.717) is 31.2 Å². The van der Waals surface area contributed by atoms with Crippen molar-refractivity contribution in [2.75, 3.05) is 31.5 Å². The predicted octanol–water partition coefficient (Wildman–Crippen LogP) is 2.15. The maximum absolute atomic E-state index is 12.2. The first-order valence-corrected chi connectivity index (χ1v) is 7.04. The number of likely N-dealkylation sites (tertiary alicyclic amines) is 1. The number of aromatic nitrogens is 1. The van der Waals surface area contributed by atoms with Gasteiger partial charge in [-0.05, 0) is 18.9 Å². The highest BCUT2D eigenvalue weighted by atomic mass is 32.1. The first-order valence-electron chi connectivity index (χ1n) is 6.16. The molecule has 1 aromatic heterocycles. The van der Waals surface area contributed by atoms with Crippen molar-refractivity contribution in [3.63, 3.8) is 0 Å². The third-order valence-corrected chi connectivity index (χ3v) is 3.67. The number of hydrogen-bond donors (Lipinski definition) is 2. The lowest BCUT2D eigenvalue weighted by Crippen LogP contribution is -2.36. The van der Waals surface area contributed by atoms with Gasteiger partial charge in [0.25, 0.3) is 0 Å². The highest BCUT2D eigenvalue weighted by Crippen LogP contribution is 2.22. The van der Waals surface area contributed by atoms with Crippen molar-refractivity contribution in [2.24, 2.45) is 5.92 Å². The van der Waals surface area contributed by atoms with Crippen LogP contribution >= 0.6 is 11.3 Å². The Labute approximate surface area is 118 Å². The first-order chi connectivity index (χ1) is 9.42. The van der Waals surface area contributed by atoms with E-state index in [9.17, 15) is 18.0 Å². The number of nitrogens with zero attached hydrogens (tertiary/aromatic N) is 2. The maximum Gasteiger partial charge on any atom is 0.401 e. The summed E-state index contributed by atoms with van der Waals surface area (Å²) in [5.74, 6) is 0.0550. The Balaban J connectivity index is 1.66. The molecule has 0 aromatic carbocycles. The van der Waals surface area contributed by atoms with E-state index in [1.165, 1.54) is 16.2 Å². The number of alkyl halides is 3. The number of urea groups is 1. The Morgan fingerprint density at radius 2 is 2.35 bits per heavy atom. The second kappa shape index (κ2) is 6.40. The second-order valence-electron chi connectivity index (χ2n) is 4.68. The smallest absolute Gasteiger partial charge is 0.337 e. The molecule has 2 N–H and O–H groups in total. The van der Waals surface area contributed by atoms with Crippen LogP contribution in [0.3, 0.4) is 0 Å². The topological polar surface area (TPSA) is 57.3 Å². The lowest BCUT2D eigenvalue weighted by atomic mass is 10.1. The number of amides is 2. The molecule has 0 spiro atoms. The van der Waals surface area contributed by atoms with Crippen LogP contribution in [0.4, 0.5) is 23.1 Å². The molecule has 20 heavy (non-hydrogen) atoms. The lowest BCUT2D eigenvalue weighted by Gasteiger charge is -2.18. The highest BCUT2D eigenvalue weighted by Gasteiger charge is 2.34. The fourth-order valence-corrected chi connectivity index (χ4v) is 2.66. The van der Waals surface area contributed by atoms with Crippen molar-refractivity contribution >= 4 is 22.5 Å². The fraction of sp³-hybridized carbons (Fsp3) is 0.636. The SMILES string of the molecule is O=C(NCC1CCN(CC(F)(F)F)C1)Nc1nccs1. The zero-order valence-electron chi connectivity index (χ0n) is 10.6. The van der Waals surface area contributed by atoms with Gasteiger partial charge < -0.3 is 5.32 Å². The lowest BCUT2D eigenvalue weighted by molar-refractivity contribution is -0.143. The molecule has 1 aliphatic heterocycles. The summed E-state index contributed by atoms with van der Waals surface area (Å²) in [5, 5.41) is 7.44. The number of rotatable bonds is 4. The molecule has 2 amide bonds. The minimum Gasteiger partial charge on any atom is -0.337 e. The average molecular weight is 308 g/mol. The standard InChI is InChI=1S/C11H15F3N4OS/c12-11(13,14)7-18-3-1-8(6-18)5-16-9(19)17-10-15-2-4-20-10/h2,4,8H,1,3,5-7H2,(H2,15,16,17,19). The Hall–Kier alpha value is -1.35. The third-order valence-electron chi connectivity index (χ3n) is 2.98. The van der Waals surface area contributed by atoms with Crippen molar-refractivity contribution < 1.29 is 18.0 Å². The summed E-state index contributed by atoms with van der Waals surface area (Å²) in [6, 6.07) is -0.380. The van der Waals surface area contributed by atoms with E-state index in [1.54, 1.807) is 11.6 Å². The van der Waals surface area contributed by atoms with E-state index >= 15 is 0 Å². The molecule has 5 nitrogen and oxygen atoms in total. The first kappa shape index (κ1) is 15.0. The second-order valence-corrected chi connectivity index (χ2v) is 5.57. The van der Waals surface area contributed by atoms with Gasteiger partial charge in [0.15, 0.2) is 5.13 Å². The van der Waals surface area contributed by atoms with Crippen LogP contribution in [0, 0.1) is 5.92 Å². The van der Waals surface area contributed by atoms with Crippen LogP contribution in [0.25, 0.3) is 0 Å². The van der Waals surface area contributed by atoms with Crippen LogP contribution in [-0.4, -0.2) is 48.3 Å². The molecule has 1 aromatic rings. The molecule has 112 valence electrons. The van der Waals surface area contributed by atoms with Crippen molar-refractivity contribution in [1.82, 2.24) is 15.2 Å². The summed E-state index contributed by atoms with van der Waals surface area (Å²) >= 11 is 1.30. The Bertz CT molecular complexity index is 437. The van der Waals surface area contributed by atoms with Gasteiger partial charge in [0.2, 0.25) is 0 Å². The molecule has 0 saturated carbocycles. The number of nitrogens with one attached hydrogen (secondary N) is 2. The molecule has 0 radical (unpaired) electrons. The zero-order chi connectivity index (χ0) is 14.6. The van der Waals surface area contributed by atoms with Crippen LogP contribution < -0.4 is 10.6 Å². The Kier molecular flexibility index (Phi) is 4.81. The van der Waals surface area contributed by atoms with Crippen molar-refractivity contribution in [3.05, 3.63) is 11.6 Å². The monoisotopic (exact) mass is 308 g/mol. The van der Waals surface area contributed by atoms with E-state index in [-0.39, 0.29) is 11.9 Å². The number of halogens is 3. The van der Waals surface area contributed by atoms with Gasteiger partial charge >= 0.3 is 12.2 Å². The van der Waals surface area contributed by atoms with Crippen molar-refractivity contribution in [3.8, 4) is 0 Å². The van der Waals surface area contributed by atoms with Gasteiger partial charge in [0, 0.05) is 24.7 Å². The van der Waals surface area contributed by atoms with Crippen molar-refractivity contribution in [2.45, 2.75) is 12.6 Å². The molecule has 9 heteroatoms. The summed E-state index contributed by atoms with van der Waals surface area (Å²) in [4.78, 5) is 16.8. The van der Waals surface area contributed by atoms with E-state index in [0.717, 1.165) is 0 Å². The number of carbonyl (C=O) groups is 1. The van der Waals surface area contributed by atoms with Gasteiger partial charge in [-0.25, -0.2) is 9.78 Å². The molecule has 1 atom stereocenters. The van der Waals surface area contributed by atoms with E-state index in [2.05, 4.69) is 15.6 Å². The maximum atomic E-state index is 12.2. The molecule has 2 heterocycles. The van der Waals surface area contributed by atoms with Gasteiger partial charge in [0.05, 0.1) is 6.54 Å². The minimum absolute atomic E-state index is 0.0550. The van der Waals surface area contributed by atoms with Crippen LogP contribution in [0.1, 0.15) is 6.42 Å². The number of hydrogen-bond acceptors (Lipinski definition) is 4. The van der Waals surface area contributed by atoms with E-state index < -0.39 is 12.7 Å². The molecule has 1 unspecified atom stereocenters. The van der Waals surface area contributed by atoms with Crippen molar-refractivity contribution in [1.29, 1.82) is 0 Å². The van der Waals surface area contributed by atoms with Gasteiger partial charge in [0.1, 0.15) is 0 Å². The minimum atomic E-state index is -4.16. The zero-order valence-corrected chi connectivity index (χ0v) is 11.4. The van der Waals surface area contributed by atoms with Gasteiger partial charge in [-0.3, -0.25) is 10.2 Å². The van der Waals surface area contributed by atoms with E-state index in [4.69, 9.17) is 0 Å². The summed E-state index contributed by atoms with van der Waals surface area (Å²) in [5.41, 5.74) is 0. The number of carbonyl (C=O) groups excluding carboxylic acids is 1. The Morgan fingerprint density at radius 1 is 1.55 bits per heavy atom. The average Bonchev–Trinajstić information content (AvgIpc) is 2.96. The summed E-state index contributed by atoms with van der Waals surface area (Å²) in [6.45, 7) is 0.261. The van der Waals surface area contributed by atoms with E-state index in [1.807, 2.05) is 0 Å². The third kappa shape index (κ3) is 4.97. The molecular weight excluding hydrogens is 293 g/mol. The molecule has 2 rings (SSSR count). The summed E-state index contributed by atoms with van der Waals surface area (Å²) < 4.78 is 36.7.